The van der Waals surface area contributed by atoms with Crippen LogP contribution in [0.5, 0.6) is 5.75 Å². The monoisotopic (exact) mass is 254 g/mol. The molecule has 0 amide bonds. The van der Waals surface area contributed by atoms with Crippen molar-refractivity contribution in [1.29, 1.82) is 0 Å². The van der Waals surface area contributed by atoms with Gasteiger partial charge in [0.1, 0.15) is 5.75 Å². The fourth-order valence-electron chi connectivity index (χ4n) is 2.51. The lowest BCUT2D eigenvalue weighted by molar-refractivity contribution is 0.415. The van der Waals surface area contributed by atoms with E-state index in [1.165, 1.54) is 11.3 Å². The quantitative estimate of drug-likeness (QED) is 0.908. The third kappa shape index (κ3) is 2.36. The van der Waals surface area contributed by atoms with E-state index in [1.54, 1.807) is 7.11 Å². The molecular formula is C16H18N2O. The lowest BCUT2D eigenvalue weighted by Gasteiger charge is -2.13. The molecule has 0 aromatic heterocycles. The summed E-state index contributed by atoms with van der Waals surface area (Å²) in [5, 5.41) is 3.42. The molecule has 0 bridgehead atoms. The average Bonchev–Trinajstić information content (AvgIpc) is 2.80. The van der Waals surface area contributed by atoms with Crippen LogP contribution < -0.4 is 15.0 Å². The van der Waals surface area contributed by atoms with Gasteiger partial charge in [-0.25, -0.2) is 0 Å². The number of anilines is 3. The van der Waals surface area contributed by atoms with Crippen LogP contribution in [0.1, 0.15) is 5.56 Å². The largest absolute Gasteiger partial charge is 0.497 e. The number of rotatable bonds is 3. The molecule has 19 heavy (non-hydrogen) atoms. The van der Waals surface area contributed by atoms with E-state index in [-0.39, 0.29) is 0 Å². The van der Waals surface area contributed by atoms with Crippen molar-refractivity contribution in [3.63, 3.8) is 0 Å². The van der Waals surface area contributed by atoms with Crippen LogP contribution in [0.25, 0.3) is 0 Å². The minimum Gasteiger partial charge on any atom is -0.497 e. The van der Waals surface area contributed by atoms with Crippen LogP contribution in [0.2, 0.25) is 0 Å². The van der Waals surface area contributed by atoms with Gasteiger partial charge in [0, 0.05) is 36.7 Å². The average molecular weight is 254 g/mol. The Morgan fingerprint density at radius 1 is 1.11 bits per heavy atom. The first-order chi connectivity index (χ1) is 9.26. The zero-order valence-corrected chi connectivity index (χ0v) is 11.3. The molecule has 1 heterocycles. The zero-order valence-electron chi connectivity index (χ0n) is 11.3. The van der Waals surface area contributed by atoms with E-state index in [4.69, 9.17) is 4.74 Å². The number of likely N-dealkylation sites (N-methyl/N-ethyl adjacent to an activating group) is 1. The van der Waals surface area contributed by atoms with Gasteiger partial charge in [-0.05, 0) is 42.3 Å². The Morgan fingerprint density at radius 2 is 1.95 bits per heavy atom. The molecule has 0 unspecified atom stereocenters. The van der Waals surface area contributed by atoms with Crippen molar-refractivity contribution in [1.82, 2.24) is 0 Å². The van der Waals surface area contributed by atoms with Crippen LogP contribution in [0, 0.1) is 0 Å². The number of nitrogens with zero attached hydrogens (tertiary/aromatic N) is 1. The van der Waals surface area contributed by atoms with Gasteiger partial charge < -0.3 is 15.0 Å². The van der Waals surface area contributed by atoms with Crippen LogP contribution in [0.15, 0.2) is 42.5 Å². The van der Waals surface area contributed by atoms with Crippen molar-refractivity contribution >= 4 is 17.1 Å². The second-order valence-corrected chi connectivity index (χ2v) is 4.87. The summed E-state index contributed by atoms with van der Waals surface area (Å²) in [6.45, 7) is 1.11. The molecular weight excluding hydrogens is 236 g/mol. The molecule has 0 radical (unpaired) electrons. The fraction of sp³-hybridized carbons (Fsp3) is 0.250. The number of hydrogen-bond donors (Lipinski definition) is 1. The molecule has 1 N–H and O–H groups in total. The molecule has 1 aliphatic rings. The lowest BCUT2D eigenvalue weighted by atomic mass is 10.1. The minimum absolute atomic E-state index is 0.867. The van der Waals surface area contributed by atoms with E-state index in [0.717, 1.165) is 30.1 Å². The molecule has 0 aliphatic carbocycles. The van der Waals surface area contributed by atoms with Crippen LogP contribution in [0.3, 0.4) is 0 Å². The van der Waals surface area contributed by atoms with Crippen molar-refractivity contribution in [3.05, 3.63) is 48.0 Å². The molecule has 1 aliphatic heterocycles. The Hall–Kier alpha value is -2.16. The van der Waals surface area contributed by atoms with E-state index >= 15 is 0 Å². The molecule has 0 fully saturated rings. The maximum absolute atomic E-state index is 5.23. The Morgan fingerprint density at radius 3 is 2.79 bits per heavy atom. The number of nitrogens with one attached hydrogen (secondary N) is 1. The van der Waals surface area contributed by atoms with Crippen molar-refractivity contribution < 1.29 is 4.74 Å². The highest BCUT2D eigenvalue weighted by atomic mass is 16.5. The van der Waals surface area contributed by atoms with E-state index in [1.807, 2.05) is 24.3 Å². The van der Waals surface area contributed by atoms with Gasteiger partial charge >= 0.3 is 0 Å². The number of methoxy groups -OCH3 is 1. The van der Waals surface area contributed by atoms with Crippen LogP contribution >= 0.6 is 0 Å². The van der Waals surface area contributed by atoms with Crippen molar-refractivity contribution in [2.24, 2.45) is 0 Å². The molecule has 98 valence electrons. The first-order valence-electron chi connectivity index (χ1n) is 6.51. The van der Waals surface area contributed by atoms with Gasteiger partial charge in [0.05, 0.1) is 7.11 Å². The van der Waals surface area contributed by atoms with Gasteiger partial charge in [-0.1, -0.05) is 6.07 Å². The summed E-state index contributed by atoms with van der Waals surface area (Å²) in [5.74, 6) is 0.867. The van der Waals surface area contributed by atoms with Crippen molar-refractivity contribution in [2.75, 3.05) is 30.9 Å². The predicted octanol–water partition coefficient (Wildman–Crippen LogP) is 3.43. The summed E-state index contributed by atoms with van der Waals surface area (Å²) in [5.41, 5.74) is 4.93. The Kier molecular flexibility index (Phi) is 3.03. The van der Waals surface area contributed by atoms with Crippen LogP contribution in [-0.4, -0.2) is 20.7 Å². The summed E-state index contributed by atoms with van der Waals surface area (Å²) in [6, 6.07) is 14.5. The van der Waals surface area contributed by atoms with Crippen molar-refractivity contribution in [3.8, 4) is 5.75 Å². The molecule has 3 rings (SSSR count). The number of hydrogen-bond acceptors (Lipinski definition) is 3. The first-order valence-corrected chi connectivity index (χ1v) is 6.51. The molecule has 2 aromatic carbocycles. The second-order valence-electron chi connectivity index (χ2n) is 4.87. The van der Waals surface area contributed by atoms with Crippen LogP contribution in [-0.2, 0) is 6.42 Å². The van der Waals surface area contributed by atoms with E-state index in [9.17, 15) is 0 Å². The molecule has 2 aromatic rings. The van der Waals surface area contributed by atoms with Gasteiger partial charge in [0.15, 0.2) is 0 Å². The Balaban J connectivity index is 1.83. The highest BCUT2D eigenvalue weighted by Crippen LogP contribution is 2.30. The van der Waals surface area contributed by atoms with E-state index < -0.39 is 0 Å². The standard InChI is InChI=1S/C16H18N2O/c1-18-9-8-12-10-14(6-7-16(12)18)17-13-4-3-5-15(11-13)19-2/h3-7,10-11,17H,8-9H2,1-2H3. The summed E-state index contributed by atoms with van der Waals surface area (Å²) < 4.78 is 5.23. The summed E-state index contributed by atoms with van der Waals surface area (Å²) >= 11 is 0. The smallest absolute Gasteiger partial charge is 0.120 e. The number of ether oxygens (including phenoxy) is 1. The minimum atomic E-state index is 0.867. The van der Waals surface area contributed by atoms with Gasteiger partial charge in [-0.2, -0.15) is 0 Å². The molecule has 0 saturated heterocycles. The van der Waals surface area contributed by atoms with Gasteiger partial charge in [0.25, 0.3) is 0 Å². The summed E-state index contributed by atoms with van der Waals surface area (Å²) in [6.07, 6.45) is 1.12. The van der Waals surface area contributed by atoms with E-state index in [0.29, 0.717) is 0 Å². The summed E-state index contributed by atoms with van der Waals surface area (Å²) in [7, 11) is 3.82. The topological polar surface area (TPSA) is 24.5 Å². The molecule has 0 atom stereocenters. The van der Waals surface area contributed by atoms with Crippen LogP contribution in [0.4, 0.5) is 17.1 Å². The maximum atomic E-state index is 5.23. The second kappa shape index (κ2) is 4.84. The highest BCUT2D eigenvalue weighted by molar-refractivity contribution is 5.68. The third-order valence-corrected chi connectivity index (χ3v) is 3.57. The highest BCUT2D eigenvalue weighted by Gasteiger charge is 2.15. The van der Waals surface area contributed by atoms with Gasteiger partial charge in [0.2, 0.25) is 0 Å². The fourth-order valence-corrected chi connectivity index (χ4v) is 2.51. The Bertz CT molecular complexity index is 595. The third-order valence-electron chi connectivity index (χ3n) is 3.57. The molecule has 3 nitrogen and oxygen atoms in total. The van der Waals surface area contributed by atoms with Gasteiger partial charge in [-0.3, -0.25) is 0 Å². The number of benzene rings is 2. The zero-order chi connectivity index (χ0) is 13.2. The first kappa shape index (κ1) is 11.9. The molecule has 3 heteroatoms. The molecule has 0 spiro atoms. The normalized spacial score (nSPS) is 13.3. The predicted molar refractivity (Wildman–Crippen MR) is 79.7 cm³/mol. The SMILES string of the molecule is COc1cccc(Nc2ccc3c(c2)CCN3C)c1. The lowest BCUT2D eigenvalue weighted by Crippen LogP contribution is -2.12. The maximum Gasteiger partial charge on any atom is 0.120 e. The van der Waals surface area contributed by atoms with Crippen molar-refractivity contribution in [2.45, 2.75) is 6.42 Å². The summed E-state index contributed by atoms with van der Waals surface area (Å²) in [4.78, 5) is 2.30. The number of fused-ring (bicyclic) bond motifs is 1. The Labute approximate surface area is 113 Å². The van der Waals surface area contributed by atoms with E-state index in [2.05, 4.69) is 35.5 Å². The molecule has 0 saturated carbocycles. The van der Waals surface area contributed by atoms with Gasteiger partial charge in [-0.15, -0.1) is 0 Å².